The second kappa shape index (κ2) is 11.1. The predicted molar refractivity (Wildman–Crippen MR) is 135 cm³/mol. The number of hydrogen-bond acceptors (Lipinski definition) is 8. The van der Waals surface area contributed by atoms with E-state index >= 15 is 0 Å². The second-order valence-electron chi connectivity index (χ2n) is 8.47. The molecule has 0 bridgehead atoms. The molecule has 6 N–H and O–H groups in total. The van der Waals surface area contributed by atoms with Gasteiger partial charge < -0.3 is 31.4 Å². The first-order valence-electron chi connectivity index (χ1n) is 11.8. The molecule has 2 heterocycles. The van der Waals surface area contributed by atoms with Gasteiger partial charge in [-0.15, -0.1) is 0 Å². The first-order chi connectivity index (χ1) is 16.5. The highest BCUT2D eigenvalue weighted by atomic mass is 16.5. The van der Waals surface area contributed by atoms with Crippen molar-refractivity contribution in [1.82, 2.24) is 9.97 Å². The van der Waals surface area contributed by atoms with Crippen LogP contribution in [-0.4, -0.2) is 35.9 Å². The van der Waals surface area contributed by atoms with E-state index in [0.717, 1.165) is 59.6 Å². The van der Waals surface area contributed by atoms with Gasteiger partial charge in [0.05, 0.1) is 24.9 Å². The van der Waals surface area contributed by atoms with Crippen molar-refractivity contribution >= 4 is 17.5 Å². The molecule has 1 fully saturated rings. The highest BCUT2D eigenvalue weighted by molar-refractivity contribution is 5.79. The van der Waals surface area contributed by atoms with E-state index in [0.29, 0.717) is 31.1 Å². The molecule has 0 aliphatic carbocycles. The van der Waals surface area contributed by atoms with Crippen LogP contribution in [0.1, 0.15) is 43.7 Å². The molecule has 4 rings (SSSR count). The zero-order valence-electron chi connectivity index (χ0n) is 19.6. The first kappa shape index (κ1) is 23.6. The van der Waals surface area contributed by atoms with E-state index in [1.165, 1.54) is 6.42 Å². The zero-order chi connectivity index (χ0) is 23.9. The molecule has 34 heavy (non-hydrogen) atoms. The Hall–Kier alpha value is -3.52. The van der Waals surface area contributed by atoms with Crippen LogP contribution in [0, 0.1) is 0 Å². The fourth-order valence-electron chi connectivity index (χ4n) is 4.23. The van der Waals surface area contributed by atoms with Crippen molar-refractivity contribution in [2.75, 3.05) is 37.0 Å². The number of ether oxygens (including phenoxy) is 3. The summed E-state index contributed by atoms with van der Waals surface area (Å²) in [6, 6.07) is 11.8. The van der Waals surface area contributed by atoms with Crippen molar-refractivity contribution in [3.05, 3.63) is 53.7 Å². The van der Waals surface area contributed by atoms with Gasteiger partial charge in [0.2, 0.25) is 5.95 Å². The van der Waals surface area contributed by atoms with Gasteiger partial charge >= 0.3 is 0 Å². The van der Waals surface area contributed by atoms with Crippen LogP contribution in [0.25, 0.3) is 11.1 Å². The average molecular weight is 464 g/mol. The number of rotatable bonds is 9. The van der Waals surface area contributed by atoms with Gasteiger partial charge in [0, 0.05) is 36.9 Å². The van der Waals surface area contributed by atoms with Crippen molar-refractivity contribution in [2.24, 2.45) is 0 Å². The summed E-state index contributed by atoms with van der Waals surface area (Å²) >= 11 is 0. The summed E-state index contributed by atoms with van der Waals surface area (Å²) in [5.41, 5.74) is 22.1. The molecule has 3 aromatic rings. The minimum absolute atomic E-state index is 0.155. The fourth-order valence-corrected chi connectivity index (χ4v) is 4.23. The zero-order valence-corrected chi connectivity index (χ0v) is 19.6. The van der Waals surface area contributed by atoms with Gasteiger partial charge in [0.25, 0.3) is 0 Å². The minimum atomic E-state index is 0.155. The normalized spacial score (nSPS) is 15.7. The molecule has 2 aromatic carbocycles. The number of nitrogen functional groups attached to an aromatic ring is 3. The quantitative estimate of drug-likeness (QED) is 0.402. The Morgan fingerprint density at radius 2 is 1.88 bits per heavy atom. The van der Waals surface area contributed by atoms with E-state index in [9.17, 15) is 0 Å². The minimum Gasteiger partial charge on any atom is -0.493 e. The lowest BCUT2D eigenvalue weighted by Gasteiger charge is -2.23. The molecular formula is C26H33N5O3. The lowest BCUT2D eigenvalue weighted by molar-refractivity contribution is 0.00407. The van der Waals surface area contributed by atoms with E-state index in [2.05, 4.69) is 9.97 Å². The summed E-state index contributed by atoms with van der Waals surface area (Å²) in [6.45, 7) is 3.85. The van der Waals surface area contributed by atoms with Gasteiger partial charge in [0.15, 0.2) is 0 Å². The molecule has 1 atom stereocenters. The molecule has 1 aliphatic rings. The lowest BCUT2D eigenvalue weighted by Crippen LogP contribution is -2.21. The van der Waals surface area contributed by atoms with E-state index in [1.54, 1.807) is 6.20 Å². The Morgan fingerprint density at radius 3 is 2.59 bits per heavy atom. The Bertz CT molecular complexity index is 1120. The van der Waals surface area contributed by atoms with Gasteiger partial charge in [-0.25, -0.2) is 4.98 Å². The molecule has 8 heteroatoms. The number of nitrogens with two attached hydrogens (primary N) is 3. The Morgan fingerprint density at radius 1 is 1.06 bits per heavy atom. The van der Waals surface area contributed by atoms with Crippen molar-refractivity contribution < 1.29 is 14.2 Å². The van der Waals surface area contributed by atoms with Crippen molar-refractivity contribution in [2.45, 2.75) is 45.1 Å². The monoisotopic (exact) mass is 463 g/mol. The van der Waals surface area contributed by atoms with Gasteiger partial charge in [0.1, 0.15) is 17.3 Å². The van der Waals surface area contributed by atoms with E-state index in [1.807, 2.05) is 43.3 Å². The maximum Gasteiger partial charge on any atom is 0.221 e. The molecule has 8 nitrogen and oxygen atoms in total. The van der Waals surface area contributed by atoms with Gasteiger partial charge in [-0.05, 0) is 61.6 Å². The van der Waals surface area contributed by atoms with Crippen LogP contribution in [0.3, 0.4) is 0 Å². The SMILES string of the molecule is CCOc1cc(Cc2cnc(N)nc2N)cc(OCCC2CCCCO2)c1-c1cccc(N)c1. The number of benzene rings is 2. The fraction of sp³-hybridized carbons (Fsp3) is 0.385. The van der Waals surface area contributed by atoms with Crippen molar-refractivity contribution in [3.63, 3.8) is 0 Å². The number of nitrogens with zero attached hydrogens (tertiary/aromatic N) is 2. The largest absolute Gasteiger partial charge is 0.493 e. The van der Waals surface area contributed by atoms with Gasteiger partial charge in [-0.3, -0.25) is 0 Å². The summed E-state index contributed by atoms with van der Waals surface area (Å²) in [4.78, 5) is 8.17. The standard InChI is InChI=1S/C26H33N5O3/c1-2-32-22-13-17(12-19-16-30-26(29)31-25(19)28)14-23(24(22)18-6-5-7-20(27)15-18)34-11-9-21-8-3-4-10-33-21/h5-7,13-16,21H,2-4,8-12,27H2,1H3,(H4,28,29,30,31). The summed E-state index contributed by atoms with van der Waals surface area (Å²) in [5, 5.41) is 0. The number of anilines is 3. The summed E-state index contributed by atoms with van der Waals surface area (Å²) in [5.74, 6) is 1.98. The first-order valence-corrected chi connectivity index (χ1v) is 11.8. The van der Waals surface area contributed by atoms with Crippen LogP contribution in [-0.2, 0) is 11.2 Å². The van der Waals surface area contributed by atoms with Gasteiger partial charge in [-0.1, -0.05) is 12.1 Å². The third kappa shape index (κ3) is 5.88. The molecule has 180 valence electrons. The van der Waals surface area contributed by atoms with Crippen LogP contribution in [0.5, 0.6) is 11.5 Å². The molecule has 0 amide bonds. The Balaban J connectivity index is 1.68. The molecule has 0 spiro atoms. The highest BCUT2D eigenvalue weighted by Crippen LogP contribution is 2.41. The lowest BCUT2D eigenvalue weighted by atomic mass is 9.98. The number of hydrogen-bond donors (Lipinski definition) is 3. The predicted octanol–water partition coefficient (Wildman–Crippen LogP) is 4.22. The number of aromatic nitrogens is 2. The topological polar surface area (TPSA) is 132 Å². The van der Waals surface area contributed by atoms with Gasteiger partial charge in [-0.2, -0.15) is 4.98 Å². The third-order valence-corrected chi connectivity index (χ3v) is 5.88. The molecule has 1 aromatic heterocycles. The van der Waals surface area contributed by atoms with Crippen LogP contribution in [0.15, 0.2) is 42.6 Å². The maximum absolute atomic E-state index is 6.37. The molecular weight excluding hydrogens is 430 g/mol. The highest BCUT2D eigenvalue weighted by Gasteiger charge is 2.19. The maximum atomic E-state index is 6.37. The molecule has 0 radical (unpaired) electrons. The molecule has 1 unspecified atom stereocenters. The van der Waals surface area contributed by atoms with E-state index in [-0.39, 0.29) is 12.1 Å². The molecule has 1 aliphatic heterocycles. The average Bonchev–Trinajstić information content (AvgIpc) is 2.82. The van der Waals surface area contributed by atoms with Crippen molar-refractivity contribution in [1.29, 1.82) is 0 Å². The molecule has 1 saturated heterocycles. The third-order valence-electron chi connectivity index (χ3n) is 5.88. The Kier molecular flexibility index (Phi) is 7.69. The van der Waals surface area contributed by atoms with E-state index in [4.69, 9.17) is 31.4 Å². The summed E-state index contributed by atoms with van der Waals surface area (Å²) in [6.07, 6.45) is 6.67. The molecule has 0 saturated carbocycles. The Labute approximate surface area is 200 Å². The van der Waals surface area contributed by atoms with E-state index < -0.39 is 0 Å². The second-order valence-corrected chi connectivity index (χ2v) is 8.47. The van der Waals surface area contributed by atoms with Crippen molar-refractivity contribution in [3.8, 4) is 22.6 Å². The summed E-state index contributed by atoms with van der Waals surface area (Å²) in [7, 11) is 0. The smallest absolute Gasteiger partial charge is 0.221 e. The van der Waals surface area contributed by atoms with Crippen LogP contribution in [0.4, 0.5) is 17.5 Å². The van der Waals surface area contributed by atoms with Crippen LogP contribution < -0.4 is 26.7 Å². The van der Waals surface area contributed by atoms with Crippen LogP contribution >= 0.6 is 0 Å². The van der Waals surface area contributed by atoms with Crippen LogP contribution in [0.2, 0.25) is 0 Å². The summed E-state index contributed by atoms with van der Waals surface area (Å²) < 4.78 is 18.3.